The fraction of sp³-hybridized carbons (Fsp3) is 0.308. The summed E-state index contributed by atoms with van der Waals surface area (Å²) >= 11 is 0. The molecule has 9 nitrogen and oxygen atoms in total. The van der Waals surface area contributed by atoms with Gasteiger partial charge in [0.05, 0.1) is 12.2 Å². The van der Waals surface area contributed by atoms with Gasteiger partial charge in [-0.25, -0.2) is 14.3 Å². The van der Waals surface area contributed by atoms with Gasteiger partial charge in [-0.05, 0) is 19.1 Å². The van der Waals surface area contributed by atoms with Crippen LogP contribution in [-0.2, 0) is 13.0 Å². The summed E-state index contributed by atoms with van der Waals surface area (Å²) in [6, 6.07) is 3.15. The third kappa shape index (κ3) is 2.87. The Morgan fingerprint density at radius 3 is 2.95 bits per heavy atom. The van der Waals surface area contributed by atoms with E-state index in [0.717, 1.165) is 0 Å². The van der Waals surface area contributed by atoms with Crippen LogP contribution in [0.15, 0.2) is 22.7 Å². The maximum absolute atomic E-state index is 11.9. The maximum atomic E-state index is 11.9. The number of carbonyl (C=O) groups is 1. The van der Waals surface area contributed by atoms with Gasteiger partial charge in [-0.1, -0.05) is 6.92 Å². The monoisotopic (exact) mass is 301 g/mol. The van der Waals surface area contributed by atoms with Crippen LogP contribution in [0.3, 0.4) is 0 Å². The van der Waals surface area contributed by atoms with E-state index in [0.29, 0.717) is 35.4 Å². The Kier molecular flexibility index (Phi) is 3.69. The number of carbonyl (C=O) groups excluding carboxylic acids is 1. The van der Waals surface area contributed by atoms with E-state index in [-0.39, 0.29) is 12.6 Å². The lowest BCUT2D eigenvalue weighted by atomic mass is 10.4. The fourth-order valence-electron chi connectivity index (χ4n) is 1.94. The van der Waals surface area contributed by atoms with Crippen LogP contribution in [0.2, 0.25) is 0 Å². The number of anilines is 1. The van der Waals surface area contributed by atoms with Crippen molar-refractivity contribution in [2.24, 2.45) is 0 Å². The van der Waals surface area contributed by atoms with Gasteiger partial charge in [-0.15, -0.1) is 10.2 Å². The van der Waals surface area contributed by atoms with Crippen molar-refractivity contribution in [2.45, 2.75) is 26.8 Å². The van der Waals surface area contributed by atoms with Crippen molar-refractivity contribution in [1.29, 1.82) is 0 Å². The molecule has 0 spiro atoms. The predicted molar refractivity (Wildman–Crippen MR) is 77.3 cm³/mol. The summed E-state index contributed by atoms with van der Waals surface area (Å²) in [5.74, 6) is 1.54. The molecule has 3 aromatic heterocycles. The average Bonchev–Trinajstić information content (AvgIpc) is 3.11. The number of nitrogens with zero attached hydrogens (tertiary/aromatic N) is 5. The molecule has 0 unspecified atom stereocenters. The van der Waals surface area contributed by atoms with Crippen molar-refractivity contribution in [3.05, 3.63) is 35.9 Å². The first-order valence-corrected chi connectivity index (χ1v) is 6.84. The molecule has 0 saturated carbocycles. The lowest BCUT2D eigenvalue weighted by Crippen LogP contribution is -2.28. The van der Waals surface area contributed by atoms with Gasteiger partial charge >= 0.3 is 6.03 Å². The fourth-order valence-corrected chi connectivity index (χ4v) is 1.94. The van der Waals surface area contributed by atoms with Gasteiger partial charge in [0.25, 0.3) is 0 Å². The number of aryl methyl sites for hydroxylation is 2. The molecule has 2 N–H and O–H groups in total. The Labute approximate surface area is 125 Å². The van der Waals surface area contributed by atoms with Crippen LogP contribution in [0.25, 0.3) is 5.65 Å². The third-order valence-corrected chi connectivity index (χ3v) is 2.93. The van der Waals surface area contributed by atoms with E-state index in [1.165, 1.54) is 0 Å². The SMILES string of the molecule is CCc1nnc(CNC(=O)Nc2cccn3nc(C)nc23)o1. The number of hydrogen-bond donors (Lipinski definition) is 2. The van der Waals surface area contributed by atoms with Crippen molar-refractivity contribution in [3.63, 3.8) is 0 Å². The molecule has 3 rings (SSSR count). The van der Waals surface area contributed by atoms with Gasteiger partial charge in [0, 0.05) is 12.6 Å². The molecular weight excluding hydrogens is 286 g/mol. The number of nitrogens with one attached hydrogen (secondary N) is 2. The van der Waals surface area contributed by atoms with Crippen LogP contribution in [0.1, 0.15) is 24.5 Å². The van der Waals surface area contributed by atoms with E-state index in [4.69, 9.17) is 4.42 Å². The van der Waals surface area contributed by atoms with Gasteiger partial charge < -0.3 is 15.1 Å². The molecular formula is C13H15N7O2. The van der Waals surface area contributed by atoms with Crippen molar-refractivity contribution < 1.29 is 9.21 Å². The van der Waals surface area contributed by atoms with Gasteiger partial charge in [-0.2, -0.15) is 5.10 Å². The Balaban J connectivity index is 1.65. The first-order valence-electron chi connectivity index (χ1n) is 6.84. The Hall–Kier alpha value is -2.97. The molecule has 9 heteroatoms. The standard InChI is InChI=1S/C13H15N7O2/c1-3-10-17-18-11(22-10)7-14-13(21)16-9-5-4-6-20-12(9)15-8(2)19-20/h4-6H,3,7H2,1-2H3,(H2,14,16,21). The summed E-state index contributed by atoms with van der Waals surface area (Å²) < 4.78 is 6.92. The minimum atomic E-state index is -0.384. The highest BCUT2D eigenvalue weighted by atomic mass is 16.4. The van der Waals surface area contributed by atoms with E-state index >= 15 is 0 Å². The van der Waals surface area contributed by atoms with Crippen LogP contribution in [0, 0.1) is 6.92 Å². The highest BCUT2D eigenvalue weighted by Gasteiger charge is 2.10. The van der Waals surface area contributed by atoms with E-state index < -0.39 is 0 Å². The lowest BCUT2D eigenvalue weighted by Gasteiger charge is -2.06. The Bertz CT molecular complexity index is 808. The second kappa shape index (κ2) is 5.80. The van der Waals surface area contributed by atoms with Crippen LogP contribution >= 0.6 is 0 Å². The van der Waals surface area contributed by atoms with Gasteiger partial charge in [0.15, 0.2) is 5.65 Å². The number of rotatable bonds is 4. The average molecular weight is 301 g/mol. The second-order valence-electron chi connectivity index (χ2n) is 4.60. The zero-order valence-electron chi connectivity index (χ0n) is 12.2. The minimum absolute atomic E-state index is 0.160. The number of amides is 2. The summed E-state index contributed by atoms with van der Waals surface area (Å²) in [7, 11) is 0. The second-order valence-corrected chi connectivity index (χ2v) is 4.60. The van der Waals surface area contributed by atoms with Crippen molar-refractivity contribution in [3.8, 4) is 0 Å². The Morgan fingerprint density at radius 1 is 1.36 bits per heavy atom. The molecule has 0 aliphatic heterocycles. The molecule has 2 amide bonds. The van der Waals surface area contributed by atoms with Crippen molar-refractivity contribution in [1.82, 2.24) is 30.1 Å². The number of pyridine rings is 1. The van der Waals surface area contributed by atoms with Crippen LogP contribution in [0.4, 0.5) is 10.5 Å². The van der Waals surface area contributed by atoms with E-state index in [2.05, 4.69) is 30.9 Å². The molecule has 0 aliphatic rings. The maximum Gasteiger partial charge on any atom is 0.319 e. The predicted octanol–water partition coefficient (Wildman–Crippen LogP) is 1.30. The quantitative estimate of drug-likeness (QED) is 0.751. The summed E-state index contributed by atoms with van der Waals surface area (Å²) in [5, 5.41) is 17.2. The molecule has 0 saturated heterocycles. The zero-order chi connectivity index (χ0) is 15.5. The van der Waals surface area contributed by atoms with E-state index in [9.17, 15) is 4.79 Å². The molecule has 0 aromatic carbocycles. The van der Waals surface area contributed by atoms with Gasteiger partial charge in [0.1, 0.15) is 5.82 Å². The molecule has 0 radical (unpaired) electrons. The molecule has 3 heterocycles. The minimum Gasteiger partial charge on any atom is -0.423 e. The number of hydrogen-bond acceptors (Lipinski definition) is 6. The van der Waals surface area contributed by atoms with Gasteiger partial charge in [-0.3, -0.25) is 0 Å². The van der Waals surface area contributed by atoms with E-state index in [1.54, 1.807) is 29.8 Å². The summed E-state index contributed by atoms with van der Waals surface area (Å²) in [4.78, 5) is 16.2. The van der Waals surface area contributed by atoms with Crippen LogP contribution in [-0.4, -0.2) is 30.8 Å². The van der Waals surface area contributed by atoms with Gasteiger partial charge in [0.2, 0.25) is 11.8 Å². The molecule has 0 bridgehead atoms. The highest BCUT2D eigenvalue weighted by molar-refractivity contribution is 5.92. The Morgan fingerprint density at radius 2 is 2.18 bits per heavy atom. The van der Waals surface area contributed by atoms with Crippen molar-refractivity contribution >= 4 is 17.4 Å². The van der Waals surface area contributed by atoms with E-state index in [1.807, 2.05) is 6.92 Å². The van der Waals surface area contributed by atoms with Crippen molar-refractivity contribution in [2.75, 3.05) is 5.32 Å². The molecule has 0 fully saturated rings. The highest BCUT2D eigenvalue weighted by Crippen LogP contribution is 2.14. The molecule has 0 aliphatic carbocycles. The number of fused-ring (bicyclic) bond motifs is 1. The first kappa shape index (κ1) is 14.0. The first-order chi connectivity index (χ1) is 10.7. The molecule has 0 atom stereocenters. The smallest absolute Gasteiger partial charge is 0.319 e. The molecule has 114 valence electrons. The number of urea groups is 1. The van der Waals surface area contributed by atoms with Crippen LogP contribution in [0.5, 0.6) is 0 Å². The normalized spacial score (nSPS) is 10.8. The zero-order valence-corrected chi connectivity index (χ0v) is 12.2. The largest absolute Gasteiger partial charge is 0.423 e. The number of aromatic nitrogens is 5. The molecule has 22 heavy (non-hydrogen) atoms. The third-order valence-electron chi connectivity index (χ3n) is 2.93. The summed E-state index contributed by atoms with van der Waals surface area (Å²) in [6.07, 6.45) is 2.43. The molecule has 3 aromatic rings. The summed E-state index contributed by atoms with van der Waals surface area (Å²) in [6.45, 7) is 3.87. The topological polar surface area (TPSA) is 110 Å². The lowest BCUT2D eigenvalue weighted by molar-refractivity contribution is 0.250. The van der Waals surface area contributed by atoms with Crippen LogP contribution < -0.4 is 10.6 Å². The summed E-state index contributed by atoms with van der Waals surface area (Å²) in [5.41, 5.74) is 1.15.